The largest absolute Gasteiger partial charge is 3.00 e. The van der Waals surface area contributed by atoms with E-state index < -0.39 is 0 Å². The van der Waals surface area contributed by atoms with E-state index in [0.717, 1.165) is 5.56 Å². The standard InChI is InChI=1S/C13H9O.2CH3.3W.Y/c14-13(11-7-3-1-4-8-11)12-9-5-2-6-10-12;;;;;;/h1,3-10H;2*1H3;;;;/q3*-1;;;;+3. The summed E-state index contributed by atoms with van der Waals surface area (Å²) in [7, 11) is 0. The minimum absolute atomic E-state index is 0. The molecule has 0 bridgehead atoms. The second-order valence-electron chi connectivity index (χ2n) is 2.98. The van der Waals surface area contributed by atoms with Crippen molar-refractivity contribution in [1.29, 1.82) is 0 Å². The summed E-state index contributed by atoms with van der Waals surface area (Å²) >= 11 is 0. The zero-order valence-electron chi connectivity index (χ0n) is 11.4. The van der Waals surface area contributed by atoms with Crippen molar-refractivity contribution in [2.24, 2.45) is 0 Å². The molecule has 0 aliphatic rings. The average Bonchev–Trinajstić information content (AvgIpc) is 2.30. The van der Waals surface area contributed by atoms with Crippen LogP contribution in [0.5, 0.6) is 0 Å². The first-order chi connectivity index (χ1) is 6.88. The summed E-state index contributed by atoms with van der Waals surface area (Å²) < 4.78 is 0. The van der Waals surface area contributed by atoms with Gasteiger partial charge in [-0.1, -0.05) is 35.9 Å². The van der Waals surface area contributed by atoms with E-state index in [-0.39, 0.29) is 117 Å². The molecule has 5 heteroatoms. The molecule has 0 atom stereocenters. The third-order valence-electron chi connectivity index (χ3n) is 2.02. The second kappa shape index (κ2) is 18.3. The molecule has 0 amide bonds. The molecule has 0 aliphatic heterocycles. The molecule has 0 N–H and O–H groups in total. The van der Waals surface area contributed by atoms with Crippen molar-refractivity contribution in [3.63, 3.8) is 0 Å². The van der Waals surface area contributed by atoms with Crippen LogP contribution >= 0.6 is 0 Å². The van der Waals surface area contributed by atoms with Crippen molar-refractivity contribution in [2.45, 2.75) is 0 Å². The molecule has 0 unspecified atom stereocenters. The third-order valence-corrected chi connectivity index (χ3v) is 2.02. The zero-order valence-corrected chi connectivity index (χ0v) is 23.0. The maximum atomic E-state index is 11.8. The second-order valence-corrected chi connectivity index (χ2v) is 2.98. The van der Waals surface area contributed by atoms with Gasteiger partial charge >= 0.3 is 32.7 Å². The molecule has 2 rings (SSSR count). The Morgan fingerprint density at radius 3 is 1.60 bits per heavy atom. The Kier molecular flexibility index (Phi) is 30.3. The number of carbonyl (C=O) groups is 1. The number of hydrogen-bond donors (Lipinski definition) is 0. The monoisotopic (exact) mass is 852 g/mol. The van der Waals surface area contributed by atoms with Crippen LogP contribution in [0.15, 0.2) is 54.6 Å². The number of carbonyl (C=O) groups excluding carboxylic acids is 1. The van der Waals surface area contributed by atoms with E-state index in [1.54, 1.807) is 24.3 Å². The van der Waals surface area contributed by atoms with Gasteiger partial charge < -0.3 is 14.9 Å². The van der Waals surface area contributed by atoms with Gasteiger partial charge in [0.05, 0.1) is 0 Å². The Hall–Kier alpha value is 1.28. The van der Waals surface area contributed by atoms with Gasteiger partial charge in [0, 0.05) is 68.8 Å². The molecule has 0 saturated carbocycles. The van der Waals surface area contributed by atoms with Gasteiger partial charge in [0.25, 0.3) is 0 Å². The Morgan fingerprint density at radius 1 is 0.750 bits per heavy atom. The Morgan fingerprint density at radius 2 is 1.15 bits per heavy atom. The molecule has 0 radical (unpaired) electrons. The summed E-state index contributed by atoms with van der Waals surface area (Å²) in [4.78, 5) is 11.8. The number of benzene rings is 2. The van der Waals surface area contributed by atoms with Gasteiger partial charge in [0.15, 0.2) is 5.78 Å². The minimum Gasteiger partial charge on any atom is -0.358 e. The molecule has 1 nitrogen and oxygen atoms in total. The van der Waals surface area contributed by atoms with Gasteiger partial charge in [0.1, 0.15) is 0 Å². The molecule has 0 spiro atoms. The van der Waals surface area contributed by atoms with Gasteiger partial charge in [-0.05, 0) is 0 Å². The Labute approximate surface area is 190 Å². The molecule has 2 aromatic rings. The average molecular weight is 852 g/mol. The fourth-order valence-electron chi connectivity index (χ4n) is 1.29. The molecule has 0 heterocycles. The molecule has 102 valence electrons. The molecular weight excluding hydrogens is 837 g/mol. The molecule has 0 saturated heterocycles. The Bertz CT molecular complexity index is 394. The van der Waals surface area contributed by atoms with Crippen LogP contribution in [-0.2, 0) is 95.9 Å². The topological polar surface area (TPSA) is 17.1 Å². The van der Waals surface area contributed by atoms with Crippen LogP contribution < -0.4 is 0 Å². The van der Waals surface area contributed by atoms with Gasteiger partial charge in [-0.15, -0.1) is 0 Å². The summed E-state index contributed by atoms with van der Waals surface area (Å²) in [6.45, 7) is 0. The van der Waals surface area contributed by atoms with Crippen molar-refractivity contribution in [3.05, 3.63) is 86.6 Å². The number of hydrogen-bond acceptors (Lipinski definition) is 1. The van der Waals surface area contributed by atoms with Crippen molar-refractivity contribution in [3.8, 4) is 0 Å². The summed E-state index contributed by atoms with van der Waals surface area (Å²) in [6.07, 6.45) is 0. The van der Waals surface area contributed by atoms with Crippen LogP contribution in [0.2, 0.25) is 0 Å². The van der Waals surface area contributed by atoms with E-state index in [0.29, 0.717) is 5.56 Å². The first-order valence-corrected chi connectivity index (χ1v) is 4.44. The fraction of sp³-hybridized carbons (Fsp3) is 0. The van der Waals surface area contributed by atoms with Crippen molar-refractivity contribution < 1.29 is 101 Å². The van der Waals surface area contributed by atoms with Crippen molar-refractivity contribution >= 4 is 5.78 Å². The van der Waals surface area contributed by atoms with Gasteiger partial charge in [-0.3, -0.25) is 4.79 Å². The van der Waals surface area contributed by atoms with Crippen LogP contribution in [0.4, 0.5) is 0 Å². The molecule has 2 aromatic carbocycles. The molecule has 0 fully saturated rings. The normalized spacial score (nSPS) is 6.80. The molecule has 20 heavy (non-hydrogen) atoms. The van der Waals surface area contributed by atoms with Crippen LogP contribution in [0.3, 0.4) is 0 Å². The van der Waals surface area contributed by atoms with E-state index in [2.05, 4.69) is 6.07 Å². The van der Waals surface area contributed by atoms with E-state index in [4.69, 9.17) is 0 Å². The van der Waals surface area contributed by atoms with E-state index in [1.807, 2.05) is 30.3 Å². The Balaban J connectivity index is -0.000000125. The SMILES string of the molecule is O=C(c1cc[c-]cc1)c1ccccc1.[CH3-].[CH3-].[W].[W].[W].[Y+3]. The van der Waals surface area contributed by atoms with E-state index in [1.165, 1.54) is 0 Å². The number of rotatable bonds is 2. The van der Waals surface area contributed by atoms with Gasteiger partial charge in [-0.25, -0.2) is 0 Å². The first-order valence-electron chi connectivity index (χ1n) is 4.44. The predicted molar refractivity (Wildman–Crippen MR) is 68.0 cm³/mol. The smallest absolute Gasteiger partial charge is 0.358 e. The minimum atomic E-state index is 0. The van der Waals surface area contributed by atoms with Crippen molar-refractivity contribution in [1.82, 2.24) is 0 Å². The van der Waals surface area contributed by atoms with Crippen molar-refractivity contribution in [2.75, 3.05) is 0 Å². The fourth-order valence-corrected chi connectivity index (χ4v) is 1.29. The van der Waals surface area contributed by atoms with Crippen LogP contribution in [-0.4, -0.2) is 5.78 Å². The molecule has 0 aromatic heterocycles. The summed E-state index contributed by atoms with van der Waals surface area (Å²) in [6, 6.07) is 19.2. The van der Waals surface area contributed by atoms with Crippen LogP contribution in [0.1, 0.15) is 15.9 Å². The quantitative estimate of drug-likeness (QED) is 0.334. The summed E-state index contributed by atoms with van der Waals surface area (Å²) in [5, 5.41) is 0. The van der Waals surface area contributed by atoms with Gasteiger partial charge in [-0.2, -0.15) is 30.3 Å². The maximum Gasteiger partial charge on any atom is 3.00 e. The number of ketones is 1. The van der Waals surface area contributed by atoms with Crippen LogP contribution in [0, 0.1) is 20.9 Å². The third kappa shape index (κ3) is 10.1. The van der Waals surface area contributed by atoms with Crippen LogP contribution in [0.25, 0.3) is 0 Å². The zero-order chi connectivity index (χ0) is 9.80. The molecular formula is C15H15OW3Y. The van der Waals surface area contributed by atoms with Gasteiger partial charge in [0.2, 0.25) is 0 Å². The van der Waals surface area contributed by atoms with E-state index in [9.17, 15) is 4.79 Å². The first kappa shape index (κ1) is 33.0. The van der Waals surface area contributed by atoms with E-state index >= 15 is 0 Å². The summed E-state index contributed by atoms with van der Waals surface area (Å²) in [5.74, 6) is 0.0552. The molecule has 0 aliphatic carbocycles. The maximum absolute atomic E-state index is 11.8. The summed E-state index contributed by atoms with van der Waals surface area (Å²) in [5.41, 5.74) is 1.42. The predicted octanol–water partition coefficient (Wildman–Crippen LogP) is 3.61.